The number of hydrogen-bond acceptors (Lipinski definition) is 4. The van der Waals surface area contributed by atoms with Gasteiger partial charge in [-0.1, -0.05) is 30.3 Å². The number of piperidine rings is 1. The number of Topliss-reactive ketones (excluding diaryl/α,β-unsaturated/α-hetero) is 1. The Kier molecular flexibility index (Phi) is 4.50. The number of carbonyl (C=O) groups excluding carboxylic acids is 2. The Morgan fingerprint density at radius 1 is 1.21 bits per heavy atom. The highest BCUT2D eigenvalue weighted by Gasteiger charge is 2.37. The third-order valence-corrected chi connectivity index (χ3v) is 5.67. The van der Waals surface area contributed by atoms with Crippen LogP contribution in [0, 0.1) is 11.3 Å². The largest absolute Gasteiger partial charge is 0.338 e. The fourth-order valence-corrected chi connectivity index (χ4v) is 3.91. The van der Waals surface area contributed by atoms with Crippen LogP contribution in [0.2, 0.25) is 0 Å². The third-order valence-electron chi connectivity index (χ3n) is 4.64. The molecule has 1 saturated heterocycles. The van der Waals surface area contributed by atoms with Crippen LogP contribution in [0.3, 0.4) is 0 Å². The Hall–Kier alpha value is -2.45. The lowest BCUT2D eigenvalue weighted by molar-refractivity contribution is 0.0692. The van der Waals surface area contributed by atoms with E-state index in [0.717, 1.165) is 5.56 Å². The Balaban J connectivity index is 1.73. The molecule has 0 saturated carbocycles. The number of rotatable bonds is 3. The molecule has 1 aromatic heterocycles. The molecule has 0 bridgehead atoms. The maximum absolute atomic E-state index is 12.6. The number of ketones is 1. The van der Waals surface area contributed by atoms with Crippen molar-refractivity contribution < 1.29 is 9.59 Å². The molecule has 1 aliphatic heterocycles. The van der Waals surface area contributed by atoms with Crippen LogP contribution in [0.1, 0.15) is 45.4 Å². The minimum atomic E-state index is -0.517. The summed E-state index contributed by atoms with van der Waals surface area (Å²) < 4.78 is 0. The monoisotopic (exact) mass is 338 g/mol. The topological polar surface area (TPSA) is 61.2 Å². The number of nitriles is 1. The molecule has 0 spiro atoms. The van der Waals surface area contributed by atoms with Crippen molar-refractivity contribution >= 4 is 23.0 Å². The smallest absolute Gasteiger partial charge is 0.254 e. The Bertz CT molecular complexity index is 796. The van der Waals surface area contributed by atoms with Crippen LogP contribution in [0.15, 0.2) is 41.8 Å². The second-order valence-electron chi connectivity index (χ2n) is 6.11. The predicted octanol–water partition coefficient (Wildman–Crippen LogP) is 3.65. The zero-order valence-electron chi connectivity index (χ0n) is 13.5. The molecule has 1 aromatic carbocycles. The van der Waals surface area contributed by atoms with Crippen LogP contribution in [-0.4, -0.2) is 29.7 Å². The predicted molar refractivity (Wildman–Crippen MR) is 93.2 cm³/mol. The fourth-order valence-electron chi connectivity index (χ4n) is 3.13. The van der Waals surface area contributed by atoms with Crippen molar-refractivity contribution in [2.24, 2.45) is 0 Å². The van der Waals surface area contributed by atoms with Crippen LogP contribution in [0.4, 0.5) is 0 Å². The van der Waals surface area contributed by atoms with E-state index in [4.69, 9.17) is 0 Å². The normalized spacial score (nSPS) is 16.4. The van der Waals surface area contributed by atoms with E-state index in [1.54, 1.807) is 16.3 Å². The van der Waals surface area contributed by atoms with E-state index in [-0.39, 0.29) is 11.7 Å². The summed E-state index contributed by atoms with van der Waals surface area (Å²) in [5, 5.41) is 11.5. The zero-order valence-corrected chi connectivity index (χ0v) is 14.3. The average molecular weight is 338 g/mol. The first-order chi connectivity index (χ1) is 11.6. The highest BCUT2D eigenvalue weighted by molar-refractivity contribution is 7.12. The van der Waals surface area contributed by atoms with Gasteiger partial charge in [0, 0.05) is 18.5 Å². The Morgan fingerprint density at radius 3 is 2.42 bits per heavy atom. The van der Waals surface area contributed by atoms with E-state index in [1.165, 1.54) is 18.3 Å². The maximum Gasteiger partial charge on any atom is 0.254 e. The Morgan fingerprint density at radius 2 is 1.88 bits per heavy atom. The van der Waals surface area contributed by atoms with E-state index in [9.17, 15) is 14.9 Å². The summed E-state index contributed by atoms with van der Waals surface area (Å²) in [6.45, 7) is 2.60. The molecule has 1 amide bonds. The van der Waals surface area contributed by atoms with Gasteiger partial charge in [0.15, 0.2) is 5.78 Å². The first-order valence-electron chi connectivity index (χ1n) is 7.91. The van der Waals surface area contributed by atoms with Crippen LogP contribution < -0.4 is 0 Å². The summed E-state index contributed by atoms with van der Waals surface area (Å²) in [6.07, 6.45) is 1.26. The standard InChI is InChI=1S/C19H18N2O2S/c1-14(22)17-11-15(12-24-17)18(23)21-9-7-19(13-20,8-10-21)16-5-3-2-4-6-16/h2-6,11-12H,7-10H2,1H3. The molecule has 5 heteroatoms. The van der Waals surface area contributed by atoms with Gasteiger partial charge in [-0.2, -0.15) is 5.26 Å². The molecule has 0 radical (unpaired) electrons. The summed E-state index contributed by atoms with van der Waals surface area (Å²) in [7, 11) is 0. The minimum Gasteiger partial charge on any atom is -0.338 e. The number of nitrogens with zero attached hydrogens (tertiary/aromatic N) is 2. The second-order valence-corrected chi connectivity index (χ2v) is 7.02. The summed E-state index contributed by atoms with van der Waals surface area (Å²) in [5.41, 5.74) is 1.07. The van der Waals surface area contributed by atoms with Gasteiger partial charge in [0.1, 0.15) is 0 Å². The molecule has 0 N–H and O–H groups in total. The molecule has 24 heavy (non-hydrogen) atoms. The number of benzene rings is 1. The number of likely N-dealkylation sites (tertiary alicyclic amines) is 1. The van der Waals surface area contributed by atoms with Crippen molar-refractivity contribution in [2.45, 2.75) is 25.2 Å². The van der Waals surface area contributed by atoms with Gasteiger partial charge in [0.25, 0.3) is 5.91 Å². The van der Waals surface area contributed by atoms with Gasteiger partial charge in [-0.25, -0.2) is 0 Å². The van der Waals surface area contributed by atoms with Gasteiger partial charge >= 0.3 is 0 Å². The van der Waals surface area contributed by atoms with Gasteiger partial charge in [0.2, 0.25) is 0 Å². The van der Waals surface area contributed by atoms with Crippen molar-refractivity contribution in [3.05, 3.63) is 57.8 Å². The van der Waals surface area contributed by atoms with E-state index in [1.807, 2.05) is 30.3 Å². The van der Waals surface area contributed by atoms with Crippen LogP contribution in [0.25, 0.3) is 0 Å². The highest BCUT2D eigenvalue weighted by Crippen LogP contribution is 2.35. The molecule has 3 rings (SSSR count). The van der Waals surface area contributed by atoms with Gasteiger partial charge in [-0.15, -0.1) is 11.3 Å². The molecule has 122 valence electrons. The van der Waals surface area contributed by atoms with Crippen LogP contribution in [0.5, 0.6) is 0 Å². The third kappa shape index (κ3) is 2.98. The molecule has 4 nitrogen and oxygen atoms in total. The second kappa shape index (κ2) is 6.58. The lowest BCUT2D eigenvalue weighted by atomic mass is 9.74. The number of thiophene rings is 1. The molecule has 0 unspecified atom stereocenters. The van der Waals surface area contributed by atoms with Crippen molar-refractivity contribution in [1.82, 2.24) is 4.90 Å². The lowest BCUT2D eigenvalue weighted by Gasteiger charge is -2.37. The number of hydrogen-bond donors (Lipinski definition) is 0. The molecule has 0 atom stereocenters. The van der Waals surface area contributed by atoms with E-state index < -0.39 is 5.41 Å². The van der Waals surface area contributed by atoms with E-state index >= 15 is 0 Å². The van der Waals surface area contributed by atoms with Crippen LogP contribution in [-0.2, 0) is 5.41 Å². The van der Waals surface area contributed by atoms with Gasteiger partial charge in [0.05, 0.1) is 21.9 Å². The lowest BCUT2D eigenvalue weighted by Crippen LogP contribution is -2.44. The molecule has 1 aliphatic rings. The average Bonchev–Trinajstić information content (AvgIpc) is 3.12. The fraction of sp³-hybridized carbons (Fsp3) is 0.316. The quantitative estimate of drug-likeness (QED) is 0.803. The van der Waals surface area contributed by atoms with Gasteiger partial charge < -0.3 is 4.90 Å². The molecular formula is C19H18N2O2S. The SMILES string of the molecule is CC(=O)c1cc(C(=O)N2CCC(C#N)(c3ccccc3)CC2)cs1. The summed E-state index contributed by atoms with van der Waals surface area (Å²) in [5.74, 6) is -0.0800. The highest BCUT2D eigenvalue weighted by atomic mass is 32.1. The maximum atomic E-state index is 12.6. The van der Waals surface area contributed by atoms with E-state index in [2.05, 4.69) is 6.07 Å². The van der Waals surface area contributed by atoms with Crippen molar-refractivity contribution in [3.63, 3.8) is 0 Å². The Labute approximate surface area is 145 Å². The van der Waals surface area contributed by atoms with Crippen LogP contribution >= 0.6 is 11.3 Å². The minimum absolute atomic E-state index is 0.0229. The van der Waals surface area contributed by atoms with Crippen molar-refractivity contribution in [3.8, 4) is 6.07 Å². The summed E-state index contributed by atoms with van der Waals surface area (Å²) in [4.78, 5) is 26.4. The number of amides is 1. The van der Waals surface area contributed by atoms with E-state index in [0.29, 0.717) is 36.4 Å². The van der Waals surface area contributed by atoms with Gasteiger partial charge in [-0.3, -0.25) is 9.59 Å². The zero-order chi connectivity index (χ0) is 17.2. The molecule has 1 fully saturated rings. The first-order valence-corrected chi connectivity index (χ1v) is 8.79. The first kappa shape index (κ1) is 16.4. The molecule has 2 heterocycles. The van der Waals surface area contributed by atoms with Crippen molar-refractivity contribution in [2.75, 3.05) is 13.1 Å². The molecule has 0 aliphatic carbocycles. The van der Waals surface area contributed by atoms with Crippen molar-refractivity contribution in [1.29, 1.82) is 5.26 Å². The number of carbonyl (C=O) groups is 2. The summed E-state index contributed by atoms with van der Waals surface area (Å²) >= 11 is 1.30. The summed E-state index contributed by atoms with van der Waals surface area (Å²) in [6, 6.07) is 13.9. The molecule has 2 aromatic rings. The van der Waals surface area contributed by atoms with Gasteiger partial charge in [-0.05, 0) is 31.4 Å². The molecular weight excluding hydrogens is 320 g/mol.